The molecule has 18 heavy (non-hydrogen) atoms. The number of hydrogen-bond acceptors (Lipinski definition) is 4. The molecular formula is C12H23Cl2N3S. The molecule has 1 aliphatic heterocycles. The van der Waals surface area contributed by atoms with Crippen LogP contribution in [0.5, 0.6) is 0 Å². The fourth-order valence-electron chi connectivity index (χ4n) is 1.93. The smallest absolute Gasteiger partial charge is 0.107 e. The Bertz CT molecular complexity index is 362. The summed E-state index contributed by atoms with van der Waals surface area (Å²) >= 11 is 1.77. The van der Waals surface area contributed by atoms with Crippen molar-refractivity contribution in [1.82, 2.24) is 9.88 Å². The highest BCUT2D eigenvalue weighted by molar-refractivity contribution is 7.09. The van der Waals surface area contributed by atoms with Crippen LogP contribution >= 0.6 is 36.2 Å². The second-order valence-electron chi connectivity index (χ2n) is 5.66. The van der Waals surface area contributed by atoms with Crippen LogP contribution in [-0.4, -0.2) is 29.0 Å². The van der Waals surface area contributed by atoms with Crippen molar-refractivity contribution in [1.29, 1.82) is 0 Å². The maximum absolute atomic E-state index is 5.89. The lowest BCUT2D eigenvalue weighted by atomic mass is 9.93. The quantitative estimate of drug-likeness (QED) is 0.913. The Balaban J connectivity index is 0.00000144. The van der Waals surface area contributed by atoms with Crippen LogP contribution in [0.3, 0.4) is 0 Å². The first-order valence-corrected chi connectivity index (χ1v) is 6.76. The fraction of sp³-hybridized carbons (Fsp3) is 0.750. The summed E-state index contributed by atoms with van der Waals surface area (Å²) in [5, 5.41) is 3.41. The van der Waals surface area contributed by atoms with Crippen molar-refractivity contribution in [3.8, 4) is 0 Å². The molecule has 0 bridgehead atoms. The molecule has 0 saturated carbocycles. The van der Waals surface area contributed by atoms with Gasteiger partial charge in [0.25, 0.3) is 0 Å². The Labute approximate surface area is 126 Å². The van der Waals surface area contributed by atoms with Crippen molar-refractivity contribution in [2.24, 2.45) is 5.73 Å². The second kappa shape index (κ2) is 7.06. The Morgan fingerprint density at radius 3 is 2.56 bits per heavy atom. The lowest BCUT2D eigenvalue weighted by Gasteiger charge is -2.15. The Morgan fingerprint density at radius 1 is 1.44 bits per heavy atom. The van der Waals surface area contributed by atoms with E-state index in [1.807, 2.05) is 0 Å². The van der Waals surface area contributed by atoms with Gasteiger partial charge in [0.15, 0.2) is 0 Å². The van der Waals surface area contributed by atoms with Crippen molar-refractivity contribution in [2.45, 2.75) is 45.2 Å². The summed E-state index contributed by atoms with van der Waals surface area (Å²) in [7, 11) is 0. The van der Waals surface area contributed by atoms with Gasteiger partial charge in [-0.2, -0.15) is 0 Å². The van der Waals surface area contributed by atoms with Crippen LogP contribution in [0.15, 0.2) is 5.38 Å². The van der Waals surface area contributed by atoms with Crippen LogP contribution in [0.25, 0.3) is 0 Å². The molecule has 0 radical (unpaired) electrons. The standard InChI is InChI=1S/C12H21N3S.2ClH/c1-12(2,3)10-8-16-11(14-10)7-15-5-4-9(13)6-15;;/h8-9H,4-7,13H2,1-3H3;2*1H/t9-;;/m1../s1. The van der Waals surface area contributed by atoms with Crippen molar-refractivity contribution >= 4 is 36.2 Å². The van der Waals surface area contributed by atoms with Gasteiger partial charge < -0.3 is 5.73 Å². The molecule has 2 rings (SSSR count). The number of halogens is 2. The van der Waals surface area contributed by atoms with E-state index in [0.29, 0.717) is 6.04 Å². The molecule has 1 fully saturated rings. The third-order valence-corrected chi connectivity index (χ3v) is 3.82. The molecule has 0 amide bonds. The maximum Gasteiger partial charge on any atom is 0.107 e. The molecule has 2 heterocycles. The first-order valence-electron chi connectivity index (χ1n) is 5.88. The molecule has 3 nitrogen and oxygen atoms in total. The van der Waals surface area contributed by atoms with Gasteiger partial charge in [0.2, 0.25) is 0 Å². The van der Waals surface area contributed by atoms with Gasteiger partial charge in [-0.15, -0.1) is 36.2 Å². The zero-order valence-corrected chi connectivity index (χ0v) is 13.6. The van der Waals surface area contributed by atoms with Gasteiger partial charge in [-0.1, -0.05) is 20.8 Å². The van der Waals surface area contributed by atoms with Crippen LogP contribution in [-0.2, 0) is 12.0 Å². The summed E-state index contributed by atoms with van der Waals surface area (Å²) in [5.74, 6) is 0. The van der Waals surface area contributed by atoms with Crippen molar-refractivity contribution in [3.05, 3.63) is 16.1 Å². The van der Waals surface area contributed by atoms with E-state index in [0.717, 1.165) is 26.1 Å². The molecule has 1 aromatic rings. The number of nitrogens with zero attached hydrogens (tertiary/aromatic N) is 2. The zero-order valence-electron chi connectivity index (χ0n) is 11.2. The second-order valence-corrected chi connectivity index (χ2v) is 6.60. The van der Waals surface area contributed by atoms with E-state index in [1.54, 1.807) is 11.3 Å². The molecule has 1 aromatic heterocycles. The monoisotopic (exact) mass is 311 g/mol. The van der Waals surface area contributed by atoms with Crippen LogP contribution in [0.4, 0.5) is 0 Å². The largest absolute Gasteiger partial charge is 0.326 e. The molecule has 0 aliphatic carbocycles. The SMILES string of the molecule is CC(C)(C)c1csc(CN2CC[C@@H](N)C2)n1.Cl.Cl. The first kappa shape index (κ1) is 18.1. The maximum atomic E-state index is 5.89. The van der Waals surface area contributed by atoms with E-state index in [1.165, 1.54) is 10.7 Å². The summed E-state index contributed by atoms with van der Waals surface area (Å²) in [6.07, 6.45) is 1.12. The molecule has 2 N–H and O–H groups in total. The summed E-state index contributed by atoms with van der Waals surface area (Å²) in [6, 6.07) is 0.363. The van der Waals surface area contributed by atoms with Gasteiger partial charge >= 0.3 is 0 Å². The third-order valence-electron chi connectivity index (χ3n) is 2.99. The van der Waals surface area contributed by atoms with E-state index >= 15 is 0 Å². The Morgan fingerprint density at radius 2 is 2.11 bits per heavy atom. The van der Waals surface area contributed by atoms with Crippen LogP contribution in [0.1, 0.15) is 37.9 Å². The van der Waals surface area contributed by atoms with Crippen molar-refractivity contribution in [2.75, 3.05) is 13.1 Å². The molecular weight excluding hydrogens is 289 g/mol. The third kappa shape index (κ3) is 4.67. The molecule has 106 valence electrons. The minimum Gasteiger partial charge on any atom is -0.326 e. The van der Waals surface area contributed by atoms with E-state index in [-0.39, 0.29) is 30.2 Å². The first-order chi connectivity index (χ1) is 7.45. The zero-order chi connectivity index (χ0) is 11.8. The highest BCUT2D eigenvalue weighted by Gasteiger charge is 2.22. The molecule has 1 saturated heterocycles. The van der Waals surface area contributed by atoms with Crippen LogP contribution < -0.4 is 5.73 Å². The number of nitrogens with two attached hydrogens (primary N) is 1. The Kier molecular flexibility index (Phi) is 7.11. The number of aromatic nitrogens is 1. The average Bonchev–Trinajstić information content (AvgIpc) is 2.74. The fourth-order valence-corrected chi connectivity index (χ4v) is 2.99. The number of rotatable bonds is 2. The molecule has 6 heteroatoms. The molecule has 0 spiro atoms. The van der Waals surface area contributed by atoms with Crippen molar-refractivity contribution < 1.29 is 0 Å². The van der Waals surface area contributed by atoms with Crippen LogP contribution in [0.2, 0.25) is 0 Å². The minimum absolute atomic E-state index is 0. The molecule has 1 aliphatic rings. The van der Waals surface area contributed by atoms with Gasteiger partial charge in [0.05, 0.1) is 12.2 Å². The predicted molar refractivity (Wildman–Crippen MR) is 83.2 cm³/mol. The highest BCUT2D eigenvalue weighted by atomic mass is 35.5. The number of thiazole rings is 1. The lowest BCUT2D eigenvalue weighted by Crippen LogP contribution is -2.26. The van der Waals surface area contributed by atoms with Crippen molar-refractivity contribution in [3.63, 3.8) is 0 Å². The van der Waals surface area contributed by atoms with Crippen LogP contribution in [0, 0.1) is 0 Å². The molecule has 1 atom stereocenters. The molecule has 0 aromatic carbocycles. The Hall–Kier alpha value is 0.130. The molecule has 0 unspecified atom stereocenters. The van der Waals surface area contributed by atoms with Gasteiger partial charge in [-0.25, -0.2) is 4.98 Å². The summed E-state index contributed by atoms with van der Waals surface area (Å²) in [4.78, 5) is 7.10. The lowest BCUT2D eigenvalue weighted by molar-refractivity contribution is 0.325. The van der Waals surface area contributed by atoms with E-state index in [4.69, 9.17) is 10.7 Å². The highest BCUT2D eigenvalue weighted by Crippen LogP contribution is 2.25. The average molecular weight is 312 g/mol. The minimum atomic E-state index is 0. The van der Waals surface area contributed by atoms with Gasteiger partial charge in [-0.3, -0.25) is 4.90 Å². The summed E-state index contributed by atoms with van der Waals surface area (Å²) in [6.45, 7) is 9.72. The number of hydrogen-bond donors (Lipinski definition) is 1. The van der Waals surface area contributed by atoms with E-state index < -0.39 is 0 Å². The van der Waals surface area contributed by atoms with Gasteiger partial charge in [0.1, 0.15) is 5.01 Å². The van der Waals surface area contributed by atoms with Gasteiger partial charge in [0, 0.05) is 29.9 Å². The summed E-state index contributed by atoms with van der Waals surface area (Å²) < 4.78 is 0. The van der Waals surface area contributed by atoms with Gasteiger partial charge in [-0.05, 0) is 6.42 Å². The number of likely N-dealkylation sites (tertiary alicyclic amines) is 1. The van der Waals surface area contributed by atoms with E-state index in [9.17, 15) is 0 Å². The topological polar surface area (TPSA) is 42.1 Å². The predicted octanol–water partition coefficient (Wildman–Crippen LogP) is 2.82. The van der Waals surface area contributed by atoms with E-state index in [2.05, 4.69) is 31.1 Å². The normalized spacial score (nSPS) is 20.3. The summed E-state index contributed by atoms with van der Waals surface area (Å²) in [5.41, 5.74) is 7.26.